The van der Waals surface area contributed by atoms with Gasteiger partial charge >= 0.3 is 5.97 Å². The van der Waals surface area contributed by atoms with Crippen LogP contribution >= 0.6 is 0 Å². The maximum absolute atomic E-state index is 12.6. The molecule has 1 aromatic rings. The van der Waals surface area contributed by atoms with Crippen LogP contribution < -0.4 is 19.5 Å². The first-order valence-corrected chi connectivity index (χ1v) is 8.91. The second-order valence-corrected chi connectivity index (χ2v) is 7.31. The van der Waals surface area contributed by atoms with Gasteiger partial charge in [0.25, 0.3) is 0 Å². The molecule has 6 nitrogen and oxygen atoms in total. The molecule has 26 heavy (non-hydrogen) atoms. The number of ether oxygens (including phenoxy) is 4. The highest BCUT2D eigenvalue weighted by Crippen LogP contribution is 2.38. The van der Waals surface area contributed by atoms with Crippen molar-refractivity contribution in [2.45, 2.75) is 59.2 Å². The summed E-state index contributed by atoms with van der Waals surface area (Å²) >= 11 is 0. The molecule has 0 amide bonds. The Hall–Kier alpha value is -1.95. The van der Waals surface area contributed by atoms with E-state index in [0.29, 0.717) is 23.8 Å². The molecule has 148 valence electrons. The Balaban J connectivity index is 2.99. The van der Waals surface area contributed by atoms with E-state index in [0.717, 1.165) is 12.0 Å². The van der Waals surface area contributed by atoms with Crippen LogP contribution in [0.4, 0.5) is 0 Å². The molecule has 1 aromatic carbocycles. The van der Waals surface area contributed by atoms with Crippen molar-refractivity contribution >= 4 is 5.97 Å². The van der Waals surface area contributed by atoms with E-state index < -0.39 is 11.6 Å². The lowest BCUT2D eigenvalue weighted by Crippen LogP contribution is -2.45. The highest BCUT2D eigenvalue weighted by atomic mass is 16.6. The van der Waals surface area contributed by atoms with Gasteiger partial charge in [-0.2, -0.15) is 0 Å². The van der Waals surface area contributed by atoms with E-state index in [9.17, 15) is 4.79 Å². The minimum Gasteiger partial charge on any atom is -0.493 e. The molecular formula is C20H33NO5. The fourth-order valence-corrected chi connectivity index (χ4v) is 2.58. The van der Waals surface area contributed by atoms with Crippen LogP contribution in [0.5, 0.6) is 17.2 Å². The molecule has 0 aliphatic heterocycles. The zero-order valence-corrected chi connectivity index (χ0v) is 17.3. The first-order valence-electron chi connectivity index (χ1n) is 8.91. The topological polar surface area (TPSA) is 66.0 Å². The average Bonchev–Trinajstić information content (AvgIpc) is 2.58. The Morgan fingerprint density at radius 1 is 1.08 bits per heavy atom. The lowest BCUT2D eigenvalue weighted by molar-refractivity contribution is -0.159. The Kier molecular flexibility index (Phi) is 8.21. The second kappa shape index (κ2) is 9.67. The molecule has 0 saturated carbocycles. The summed E-state index contributed by atoms with van der Waals surface area (Å²) in [4.78, 5) is 12.6. The summed E-state index contributed by atoms with van der Waals surface area (Å²) in [7, 11) is 4.73. The monoisotopic (exact) mass is 367 g/mol. The first-order chi connectivity index (χ1) is 12.2. The molecule has 2 atom stereocenters. The summed E-state index contributed by atoms with van der Waals surface area (Å²) in [5.41, 5.74) is 0.410. The predicted octanol–water partition coefficient (Wildman–Crippen LogP) is 3.56. The molecule has 0 aliphatic carbocycles. The molecule has 0 aliphatic rings. The molecular weight excluding hydrogens is 334 g/mol. The lowest BCUT2D eigenvalue weighted by atomic mass is 9.98. The normalized spacial score (nSPS) is 13.7. The van der Waals surface area contributed by atoms with E-state index in [1.54, 1.807) is 21.3 Å². The van der Waals surface area contributed by atoms with Crippen LogP contribution in [-0.4, -0.2) is 38.9 Å². The van der Waals surface area contributed by atoms with Crippen molar-refractivity contribution in [2.24, 2.45) is 5.92 Å². The minimum absolute atomic E-state index is 0.145. The van der Waals surface area contributed by atoms with Crippen molar-refractivity contribution in [3.8, 4) is 17.2 Å². The van der Waals surface area contributed by atoms with E-state index in [1.165, 1.54) is 0 Å². The summed E-state index contributed by atoms with van der Waals surface area (Å²) < 4.78 is 21.7. The molecule has 0 unspecified atom stereocenters. The molecule has 0 spiro atoms. The molecule has 0 bridgehead atoms. The highest BCUT2D eigenvalue weighted by molar-refractivity contribution is 5.76. The van der Waals surface area contributed by atoms with Crippen molar-refractivity contribution < 1.29 is 23.7 Å². The van der Waals surface area contributed by atoms with Crippen LogP contribution in [0.25, 0.3) is 0 Å². The molecule has 0 radical (unpaired) electrons. The minimum atomic E-state index is -0.517. The molecule has 0 fully saturated rings. The Morgan fingerprint density at radius 3 is 2.00 bits per heavy atom. The summed E-state index contributed by atoms with van der Waals surface area (Å²) in [5, 5.41) is 3.32. The van der Waals surface area contributed by atoms with Crippen LogP contribution in [0.3, 0.4) is 0 Å². The van der Waals surface area contributed by atoms with Crippen molar-refractivity contribution in [3.63, 3.8) is 0 Å². The van der Waals surface area contributed by atoms with Crippen LogP contribution in [-0.2, 0) is 16.1 Å². The van der Waals surface area contributed by atoms with Gasteiger partial charge in [0, 0.05) is 6.54 Å². The van der Waals surface area contributed by atoms with E-state index in [2.05, 4.69) is 12.2 Å². The van der Waals surface area contributed by atoms with Gasteiger partial charge in [-0.25, -0.2) is 0 Å². The van der Waals surface area contributed by atoms with Crippen molar-refractivity contribution in [1.29, 1.82) is 0 Å². The third-order valence-electron chi connectivity index (χ3n) is 4.12. The summed E-state index contributed by atoms with van der Waals surface area (Å²) in [6, 6.07) is 3.35. The zero-order chi connectivity index (χ0) is 19.9. The summed E-state index contributed by atoms with van der Waals surface area (Å²) in [5.74, 6) is 1.62. The van der Waals surface area contributed by atoms with Gasteiger partial charge in [0.1, 0.15) is 11.6 Å². The molecule has 0 saturated heterocycles. The van der Waals surface area contributed by atoms with Gasteiger partial charge in [0.05, 0.1) is 21.3 Å². The van der Waals surface area contributed by atoms with Gasteiger partial charge in [0.15, 0.2) is 11.5 Å². The summed E-state index contributed by atoms with van der Waals surface area (Å²) in [6.07, 6.45) is 0.867. The molecule has 1 N–H and O–H groups in total. The number of carbonyl (C=O) groups excluding carboxylic acids is 1. The number of benzene rings is 1. The van der Waals surface area contributed by atoms with E-state index in [1.807, 2.05) is 39.8 Å². The third kappa shape index (κ3) is 6.09. The molecule has 0 heterocycles. The maximum Gasteiger partial charge on any atom is 0.323 e. The van der Waals surface area contributed by atoms with Gasteiger partial charge < -0.3 is 24.3 Å². The smallest absolute Gasteiger partial charge is 0.323 e. The quantitative estimate of drug-likeness (QED) is 0.673. The molecule has 6 heteroatoms. The van der Waals surface area contributed by atoms with Crippen molar-refractivity contribution in [3.05, 3.63) is 17.7 Å². The van der Waals surface area contributed by atoms with Crippen LogP contribution in [0.2, 0.25) is 0 Å². The number of carbonyl (C=O) groups is 1. The van der Waals surface area contributed by atoms with Gasteiger partial charge in [-0.05, 0) is 44.4 Å². The van der Waals surface area contributed by atoms with Crippen molar-refractivity contribution in [1.82, 2.24) is 5.32 Å². The predicted molar refractivity (Wildman–Crippen MR) is 102 cm³/mol. The standard InChI is InChI=1S/C20H33NO5/c1-9-13(2)17(19(22)26-20(3,4)5)21-12-14-10-15(23-6)18(25-8)16(11-14)24-7/h10-11,13,17,21H,9,12H2,1-8H3/t13-,17-/m0/s1. The first kappa shape index (κ1) is 22.1. The fourth-order valence-electron chi connectivity index (χ4n) is 2.58. The maximum atomic E-state index is 12.6. The van der Waals surface area contributed by atoms with Gasteiger partial charge in [0.2, 0.25) is 5.75 Å². The SMILES string of the molecule is CC[C@H](C)[C@H](NCc1cc(OC)c(OC)c(OC)c1)C(=O)OC(C)(C)C. The Labute approximate surface area is 157 Å². The number of nitrogens with one attached hydrogen (secondary N) is 1. The second-order valence-electron chi connectivity index (χ2n) is 7.31. The van der Waals surface area contributed by atoms with Crippen molar-refractivity contribution in [2.75, 3.05) is 21.3 Å². The zero-order valence-electron chi connectivity index (χ0n) is 17.3. The third-order valence-corrected chi connectivity index (χ3v) is 4.12. The lowest BCUT2D eigenvalue weighted by Gasteiger charge is -2.28. The molecule has 0 aromatic heterocycles. The highest BCUT2D eigenvalue weighted by Gasteiger charge is 2.28. The fraction of sp³-hybridized carbons (Fsp3) is 0.650. The number of hydrogen-bond donors (Lipinski definition) is 1. The van der Waals surface area contributed by atoms with Gasteiger partial charge in [-0.3, -0.25) is 4.79 Å². The largest absolute Gasteiger partial charge is 0.493 e. The van der Waals surface area contributed by atoms with E-state index in [-0.39, 0.29) is 11.9 Å². The number of esters is 1. The number of hydrogen-bond acceptors (Lipinski definition) is 6. The van der Waals surface area contributed by atoms with Crippen LogP contribution in [0, 0.1) is 5.92 Å². The number of methoxy groups -OCH3 is 3. The van der Waals surface area contributed by atoms with Gasteiger partial charge in [-0.15, -0.1) is 0 Å². The van der Waals surface area contributed by atoms with Gasteiger partial charge in [-0.1, -0.05) is 20.3 Å². The van der Waals surface area contributed by atoms with Crippen LogP contribution in [0.1, 0.15) is 46.6 Å². The average molecular weight is 367 g/mol. The van der Waals surface area contributed by atoms with E-state index >= 15 is 0 Å². The Morgan fingerprint density at radius 2 is 1.62 bits per heavy atom. The number of rotatable bonds is 9. The summed E-state index contributed by atoms with van der Waals surface area (Å²) in [6.45, 7) is 10.2. The van der Waals surface area contributed by atoms with Crippen LogP contribution in [0.15, 0.2) is 12.1 Å². The Bertz CT molecular complexity index is 569. The van der Waals surface area contributed by atoms with E-state index in [4.69, 9.17) is 18.9 Å². The molecule has 1 rings (SSSR count).